The maximum Gasteiger partial charge on any atom is 0.257 e. The van der Waals surface area contributed by atoms with Crippen molar-refractivity contribution in [2.45, 2.75) is 0 Å². The predicted molar refractivity (Wildman–Crippen MR) is 85.9 cm³/mol. The van der Waals surface area contributed by atoms with E-state index >= 15 is 0 Å². The van der Waals surface area contributed by atoms with Gasteiger partial charge in [0.15, 0.2) is 0 Å². The van der Waals surface area contributed by atoms with Gasteiger partial charge in [0.1, 0.15) is 5.82 Å². The highest BCUT2D eigenvalue weighted by molar-refractivity contribution is 6.08. The minimum Gasteiger partial charge on any atom is -0.368 e. The fraction of sp³-hybridized carbons (Fsp3) is 0.235. The second-order valence-electron chi connectivity index (χ2n) is 4.90. The van der Waals surface area contributed by atoms with E-state index in [1.165, 1.54) is 0 Å². The Bertz CT molecular complexity index is 827. The Morgan fingerprint density at radius 1 is 1.18 bits per heavy atom. The first kappa shape index (κ1) is 10.3. The smallest absolute Gasteiger partial charge is 0.257 e. The largest absolute Gasteiger partial charge is 0.368 e. The van der Waals surface area contributed by atoms with E-state index in [0.717, 1.165) is 31.9 Å². The van der Waals surface area contributed by atoms with Crippen molar-refractivity contribution in [3.63, 3.8) is 0 Å². The van der Waals surface area contributed by atoms with E-state index in [4.69, 9.17) is 5.48 Å². The zero-order valence-electron chi connectivity index (χ0n) is 15.9. The minimum atomic E-state index is -1.24. The van der Waals surface area contributed by atoms with E-state index in [0.29, 0.717) is 5.56 Å². The van der Waals surface area contributed by atoms with Gasteiger partial charge in [0.25, 0.3) is 5.91 Å². The van der Waals surface area contributed by atoms with Crippen LogP contribution in [0.1, 0.15) is 15.8 Å². The lowest BCUT2D eigenvalue weighted by Crippen LogP contribution is -2.44. The second kappa shape index (κ2) is 6.58. The summed E-state index contributed by atoms with van der Waals surface area (Å²) < 4.78 is 44.4. The molecule has 2 aromatic carbocycles. The molecule has 1 heterocycles. The van der Waals surface area contributed by atoms with Crippen molar-refractivity contribution >= 4 is 17.3 Å². The van der Waals surface area contributed by atoms with Gasteiger partial charge in [0.2, 0.25) is 0 Å². The number of halogens is 1. The predicted octanol–water partition coefficient (Wildman–Crippen LogP) is 2.49. The van der Waals surface area contributed by atoms with Crippen LogP contribution >= 0.6 is 0 Å². The molecular formula is C17H18FN3O. The average Bonchev–Trinajstić information content (AvgIpc) is 2.68. The Balaban J connectivity index is 1.95. The highest BCUT2D eigenvalue weighted by atomic mass is 19.1. The lowest BCUT2D eigenvalue weighted by atomic mass is 10.1. The van der Waals surface area contributed by atoms with Gasteiger partial charge >= 0.3 is 0 Å². The maximum atomic E-state index is 13.7. The van der Waals surface area contributed by atoms with Crippen LogP contribution in [0.15, 0.2) is 48.4 Å². The molecule has 2 aromatic rings. The van der Waals surface area contributed by atoms with Crippen LogP contribution in [-0.2, 0) is 0 Å². The highest BCUT2D eigenvalue weighted by Gasteiger charge is 2.17. The number of hydrogen-bond acceptors (Lipinski definition) is 3. The lowest BCUT2D eigenvalue weighted by molar-refractivity contribution is 0.102. The van der Waals surface area contributed by atoms with Gasteiger partial charge in [0, 0.05) is 37.6 Å². The van der Waals surface area contributed by atoms with Gasteiger partial charge < -0.3 is 15.5 Å². The second-order valence-corrected chi connectivity index (χ2v) is 4.90. The van der Waals surface area contributed by atoms with Gasteiger partial charge in [-0.15, -0.1) is 0 Å². The maximum absolute atomic E-state index is 13.7. The first-order valence-electron chi connectivity index (χ1n) is 9.03. The monoisotopic (exact) mass is 303 g/mol. The standard InChI is InChI=1S/C17H18FN3O/c18-13-5-7-14(8-6-13)20-17(22)15-3-1-2-4-16(15)21-11-9-19-10-12-21/h1-8,19H,9-12H2,(H,20,22)/i5D,6D,7D,8D. The van der Waals surface area contributed by atoms with Crippen LogP contribution in [0.5, 0.6) is 0 Å². The molecule has 0 saturated carbocycles. The SMILES string of the molecule is [2H]c1c([2H])c(NC(=O)c2ccccc2N2CCNCC2)c([2H])c([2H])c1F. The van der Waals surface area contributed by atoms with E-state index in [2.05, 4.69) is 15.5 Å². The molecule has 1 fully saturated rings. The third-order valence-corrected chi connectivity index (χ3v) is 3.44. The molecule has 22 heavy (non-hydrogen) atoms. The first-order chi connectivity index (χ1) is 12.4. The van der Waals surface area contributed by atoms with Crippen molar-refractivity contribution in [2.75, 3.05) is 36.4 Å². The summed E-state index contributed by atoms with van der Waals surface area (Å²) in [6, 6.07) is 4.13. The Hall–Kier alpha value is -2.40. The molecule has 1 aliphatic heterocycles. The average molecular weight is 303 g/mol. The quantitative estimate of drug-likeness (QED) is 0.915. The number of benzene rings is 2. The summed E-state index contributed by atoms with van der Waals surface area (Å²) in [4.78, 5) is 14.8. The van der Waals surface area contributed by atoms with E-state index in [1.54, 1.807) is 12.1 Å². The molecule has 0 atom stereocenters. The van der Waals surface area contributed by atoms with Gasteiger partial charge in [-0.05, 0) is 36.3 Å². The number of para-hydroxylation sites is 1. The molecule has 0 aliphatic carbocycles. The van der Waals surface area contributed by atoms with Crippen molar-refractivity contribution in [1.29, 1.82) is 0 Å². The van der Waals surface area contributed by atoms with Crippen molar-refractivity contribution in [3.05, 3.63) is 59.8 Å². The molecule has 1 aliphatic rings. The summed E-state index contributed by atoms with van der Waals surface area (Å²) in [7, 11) is 0. The summed E-state index contributed by atoms with van der Waals surface area (Å²) in [6.45, 7) is 3.07. The van der Waals surface area contributed by atoms with Crippen LogP contribution in [0.25, 0.3) is 0 Å². The molecule has 0 bridgehead atoms. The molecule has 1 saturated heterocycles. The minimum absolute atomic E-state index is 0.332. The van der Waals surface area contributed by atoms with Gasteiger partial charge in [-0.2, -0.15) is 0 Å². The molecule has 0 unspecified atom stereocenters. The van der Waals surface area contributed by atoms with Crippen molar-refractivity contribution in [2.24, 2.45) is 0 Å². The fourth-order valence-electron chi connectivity index (χ4n) is 2.39. The summed E-state index contributed by atoms with van der Waals surface area (Å²) >= 11 is 0. The molecular weight excluding hydrogens is 281 g/mol. The van der Waals surface area contributed by atoms with Crippen LogP contribution in [0.2, 0.25) is 0 Å². The van der Waals surface area contributed by atoms with E-state index < -0.39 is 35.9 Å². The summed E-state index contributed by atoms with van der Waals surface area (Å²) in [6.07, 6.45) is 0. The van der Waals surface area contributed by atoms with Crippen LogP contribution in [0.3, 0.4) is 0 Å². The first-order valence-corrected chi connectivity index (χ1v) is 7.03. The number of piperazine rings is 1. The molecule has 1 amide bonds. The number of nitrogens with one attached hydrogen (secondary N) is 2. The highest BCUT2D eigenvalue weighted by Crippen LogP contribution is 2.22. The zero-order chi connectivity index (χ0) is 18.8. The number of carbonyl (C=O) groups is 1. The number of anilines is 2. The van der Waals surface area contributed by atoms with Gasteiger partial charge in [-0.1, -0.05) is 12.1 Å². The number of rotatable bonds is 3. The molecule has 114 valence electrons. The summed E-state index contributed by atoms with van der Waals surface area (Å²) in [5.41, 5.74) is 0.751. The molecule has 5 heteroatoms. The van der Waals surface area contributed by atoms with E-state index in [-0.39, 0.29) is 5.69 Å². The summed E-state index contributed by atoms with van der Waals surface area (Å²) in [5, 5.41) is 5.66. The van der Waals surface area contributed by atoms with Gasteiger partial charge in [0.05, 0.1) is 11.0 Å². The number of nitrogens with zero attached hydrogens (tertiary/aromatic N) is 1. The van der Waals surface area contributed by atoms with Crippen LogP contribution in [0, 0.1) is 5.82 Å². The topological polar surface area (TPSA) is 44.4 Å². The Labute approximate surface area is 134 Å². The molecule has 0 radical (unpaired) electrons. The normalized spacial score (nSPS) is 17.2. The third kappa shape index (κ3) is 3.26. The van der Waals surface area contributed by atoms with Crippen LogP contribution in [0.4, 0.5) is 15.8 Å². The Kier molecular flexibility index (Phi) is 3.09. The summed E-state index contributed by atoms with van der Waals surface area (Å²) in [5.74, 6) is -1.80. The molecule has 0 spiro atoms. The van der Waals surface area contributed by atoms with Crippen molar-refractivity contribution in [3.8, 4) is 0 Å². The Morgan fingerprint density at radius 2 is 1.86 bits per heavy atom. The van der Waals surface area contributed by atoms with Crippen molar-refractivity contribution < 1.29 is 14.7 Å². The van der Waals surface area contributed by atoms with Crippen molar-refractivity contribution in [1.82, 2.24) is 5.32 Å². The van der Waals surface area contributed by atoms with E-state index in [9.17, 15) is 9.18 Å². The van der Waals surface area contributed by atoms with Crippen LogP contribution in [-0.4, -0.2) is 32.1 Å². The molecule has 4 nitrogen and oxygen atoms in total. The Morgan fingerprint density at radius 3 is 2.59 bits per heavy atom. The number of amides is 1. The molecule has 0 aromatic heterocycles. The van der Waals surface area contributed by atoms with Gasteiger partial charge in [-0.3, -0.25) is 4.79 Å². The van der Waals surface area contributed by atoms with Gasteiger partial charge in [-0.25, -0.2) is 4.39 Å². The molecule has 2 N–H and O–H groups in total. The number of carbonyl (C=O) groups excluding carboxylic acids is 1. The van der Waals surface area contributed by atoms with E-state index in [1.807, 2.05) is 12.1 Å². The fourth-order valence-corrected chi connectivity index (χ4v) is 2.39. The zero-order valence-corrected chi connectivity index (χ0v) is 11.9. The van der Waals surface area contributed by atoms with Crippen LogP contribution < -0.4 is 15.5 Å². The molecule has 3 rings (SSSR count). The third-order valence-electron chi connectivity index (χ3n) is 3.44. The number of hydrogen-bond donors (Lipinski definition) is 2. The lowest BCUT2D eigenvalue weighted by Gasteiger charge is -2.30.